The zero-order valence-corrected chi connectivity index (χ0v) is 22.3. The van der Waals surface area contributed by atoms with Crippen molar-refractivity contribution < 1.29 is 13.6 Å². The van der Waals surface area contributed by atoms with Gasteiger partial charge in [-0.2, -0.15) is 0 Å². The Morgan fingerprint density at radius 2 is 1.74 bits per heavy atom. The van der Waals surface area contributed by atoms with E-state index in [1.165, 1.54) is 44.6 Å². The number of alkyl halides is 2. The Morgan fingerprint density at radius 3 is 2.32 bits per heavy atom. The van der Waals surface area contributed by atoms with Crippen molar-refractivity contribution in [3.05, 3.63) is 64.7 Å². The zero-order chi connectivity index (χ0) is 26.4. The van der Waals surface area contributed by atoms with Gasteiger partial charge in [-0.3, -0.25) is 4.79 Å². The number of rotatable bonds is 7. The van der Waals surface area contributed by atoms with E-state index in [0.29, 0.717) is 6.42 Å². The number of carbonyl (C=O) groups excluding carboxylic acids is 1. The third-order valence-corrected chi connectivity index (χ3v) is 9.76. The molecule has 0 unspecified atom stereocenters. The fraction of sp³-hybridized carbons (Fsp3) is 0.545. The van der Waals surface area contributed by atoms with Crippen LogP contribution in [-0.2, 0) is 11.2 Å². The molecule has 4 fully saturated rings. The lowest BCUT2D eigenvalue weighted by Crippen LogP contribution is -2.54. The van der Waals surface area contributed by atoms with E-state index in [2.05, 4.69) is 42.4 Å². The minimum Gasteiger partial charge on any atom is -0.380 e. The van der Waals surface area contributed by atoms with Gasteiger partial charge in [-0.15, -0.1) is 6.42 Å². The van der Waals surface area contributed by atoms with Gasteiger partial charge in [0.25, 0.3) is 12.3 Å². The minimum atomic E-state index is -2.52. The van der Waals surface area contributed by atoms with Crippen LogP contribution in [0.2, 0.25) is 0 Å². The van der Waals surface area contributed by atoms with Crippen molar-refractivity contribution in [2.45, 2.75) is 95.2 Å². The van der Waals surface area contributed by atoms with Gasteiger partial charge in [0, 0.05) is 22.8 Å². The molecule has 0 spiro atoms. The van der Waals surface area contributed by atoms with Crippen LogP contribution in [0.15, 0.2) is 42.5 Å². The number of nitrogens with one attached hydrogen (secondary N) is 1. The van der Waals surface area contributed by atoms with Crippen LogP contribution in [0, 0.1) is 30.1 Å². The predicted octanol–water partition coefficient (Wildman–Crippen LogP) is 7.67. The van der Waals surface area contributed by atoms with Crippen LogP contribution < -0.4 is 5.32 Å². The summed E-state index contributed by atoms with van der Waals surface area (Å²) in [6, 6.07) is 12.9. The monoisotopic (exact) mass is 516 g/mol. The maximum atomic E-state index is 13.6. The summed E-state index contributed by atoms with van der Waals surface area (Å²) in [6.07, 6.45) is 14.5. The largest absolute Gasteiger partial charge is 0.380 e. The highest BCUT2D eigenvalue weighted by molar-refractivity contribution is 5.94. The van der Waals surface area contributed by atoms with E-state index >= 15 is 0 Å². The molecular formula is C33H38F2N2O. The molecule has 4 aliphatic carbocycles. The predicted molar refractivity (Wildman–Crippen MR) is 147 cm³/mol. The summed E-state index contributed by atoms with van der Waals surface area (Å²) < 4.78 is 27.1. The van der Waals surface area contributed by atoms with E-state index in [0.717, 1.165) is 59.4 Å². The van der Waals surface area contributed by atoms with Crippen molar-refractivity contribution in [3.63, 3.8) is 0 Å². The lowest BCUT2D eigenvalue weighted by atomic mass is 9.53. The zero-order valence-electron chi connectivity index (χ0n) is 22.3. The highest BCUT2D eigenvalue weighted by Gasteiger charge is 2.51. The van der Waals surface area contributed by atoms with Crippen LogP contribution in [0.25, 0.3) is 0 Å². The highest BCUT2D eigenvalue weighted by Crippen LogP contribution is 2.56. The number of fused-ring (bicyclic) bond motifs is 1. The molecule has 1 amide bonds. The number of benzene rings is 2. The van der Waals surface area contributed by atoms with E-state index in [-0.39, 0.29) is 29.1 Å². The highest BCUT2D eigenvalue weighted by atomic mass is 19.3. The van der Waals surface area contributed by atoms with Gasteiger partial charge < -0.3 is 10.2 Å². The van der Waals surface area contributed by atoms with E-state index in [4.69, 9.17) is 6.42 Å². The Morgan fingerprint density at radius 1 is 1.08 bits per heavy atom. The lowest BCUT2D eigenvalue weighted by Gasteiger charge is -2.57. The van der Waals surface area contributed by atoms with Gasteiger partial charge in [0.2, 0.25) is 0 Å². The summed E-state index contributed by atoms with van der Waals surface area (Å²) in [5.74, 6) is 4.62. The molecule has 0 radical (unpaired) electrons. The molecule has 3 nitrogen and oxygen atoms in total. The number of amides is 1. The molecule has 2 aromatic carbocycles. The van der Waals surface area contributed by atoms with Gasteiger partial charge in [0.1, 0.15) is 0 Å². The standard InChI is InChI=1S/C33H38F2N2O/c1-3-5-6-28-17-26-16-25(32(34)35)9-12-29(26)31(37(28)30(38)4-2)24-7-10-27(11-8-24)36-33-18-21-13-22(19-33)15-23(14-21)20-33/h2,7-12,16,21-23,28,31-32,36H,3,5-6,13-15,17-20H2,1H3/t21?,22?,23?,28-,31-,33?/m0/s1. The molecule has 0 saturated heterocycles. The quantitative estimate of drug-likeness (QED) is 0.383. The first-order valence-corrected chi connectivity index (χ1v) is 14.5. The molecular weight excluding hydrogens is 478 g/mol. The fourth-order valence-corrected chi connectivity index (χ4v) is 8.62. The van der Waals surface area contributed by atoms with Crippen molar-refractivity contribution >= 4 is 11.6 Å². The smallest absolute Gasteiger partial charge is 0.299 e. The minimum absolute atomic E-state index is 0.0311. The average Bonchev–Trinajstić information content (AvgIpc) is 2.89. The number of carbonyl (C=O) groups is 1. The number of unbranched alkanes of at least 4 members (excludes halogenated alkanes) is 1. The third-order valence-electron chi connectivity index (χ3n) is 9.76. The van der Waals surface area contributed by atoms with Crippen LogP contribution in [0.1, 0.15) is 99.4 Å². The number of hydrogen-bond acceptors (Lipinski definition) is 2. The molecule has 4 saturated carbocycles. The molecule has 38 heavy (non-hydrogen) atoms. The lowest BCUT2D eigenvalue weighted by molar-refractivity contribution is -0.130. The third kappa shape index (κ3) is 4.61. The number of terminal acetylenes is 1. The molecule has 5 aliphatic rings. The summed E-state index contributed by atoms with van der Waals surface area (Å²) in [5.41, 5.74) is 4.13. The van der Waals surface area contributed by atoms with Crippen LogP contribution in [0.5, 0.6) is 0 Å². The van der Waals surface area contributed by atoms with Crippen molar-refractivity contribution in [3.8, 4) is 12.3 Å². The molecule has 1 aliphatic heterocycles. The maximum absolute atomic E-state index is 13.6. The fourth-order valence-electron chi connectivity index (χ4n) is 8.62. The average molecular weight is 517 g/mol. The summed E-state index contributed by atoms with van der Waals surface area (Å²) >= 11 is 0. The number of anilines is 1. The first-order chi connectivity index (χ1) is 18.4. The first kappa shape index (κ1) is 25.4. The normalized spacial score (nSPS) is 31.2. The van der Waals surface area contributed by atoms with Crippen molar-refractivity contribution in [1.82, 2.24) is 4.90 Å². The summed E-state index contributed by atoms with van der Waals surface area (Å²) in [4.78, 5) is 15.0. The molecule has 4 bridgehead atoms. The molecule has 1 N–H and O–H groups in total. The van der Waals surface area contributed by atoms with Crippen LogP contribution >= 0.6 is 0 Å². The Balaban J connectivity index is 1.33. The van der Waals surface area contributed by atoms with Crippen LogP contribution in [-0.4, -0.2) is 22.4 Å². The molecule has 0 aromatic heterocycles. The van der Waals surface area contributed by atoms with Gasteiger partial charge in [0.05, 0.1) is 6.04 Å². The van der Waals surface area contributed by atoms with Gasteiger partial charge in [-0.05, 0) is 110 Å². The number of hydrogen-bond donors (Lipinski definition) is 1. The Hall–Kier alpha value is -2.87. The van der Waals surface area contributed by atoms with E-state index in [1.54, 1.807) is 12.1 Å². The molecule has 7 rings (SSSR count). The Bertz CT molecular complexity index is 1200. The Kier molecular flexibility index (Phi) is 6.70. The second kappa shape index (κ2) is 10.0. The molecule has 1 heterocycles. The second-order valence-corrected chi connectivity index (χ2v) is 12.5. The second-order valence-electron chi connectivity index (χ2n) is 12.5. The van der Waals surface area contributed by atoms with Gasteiger partial charge in [-0.25, -0.2) is 8.78 Å². The van der Waals surface area contributed by atoms with Crippen molar-refractivity contribution in [2.75, 3.05) is 5.32 Å². The topological polar surface area (TPSA) is 32.3 Å². The first-order valence-electron chi connectivity index (χ1n) is 14.5. The maximum Gasteiger partial charge on any atom is 0.299 e. The van der Waals surface area contributed by atoms with E-state index < -0.39 is 6.43 Å². The van der Waals surface area contributed by atoms with Crippen LogP contribution in [0.3, 0.4) is 0 Å². The van der Waals surface area contributed by atoms with Gasteiger partial charge in [0.15, 0.2) is 0 Å². The number of halogens is 2. The molecule has 2 atom stereocenters. The number of nitrogens with zero attached hydrogens (tertiary/aromatic N) is 1. The van der Waals surface area contributed by atoms with Crippen molar-refractivity contribution in [1.29, 1.82) is 0 Å². The summed E-state index contributed by atoms with van der Waals surface area (Å²) in [6.45, 7) is 2.12. The summed E-state index contributed by atoms with van der Waals surface area (Å²) in [7, 11) is 0. The van der Waals surface area contributed by atoms with Gasteiger partial charge >= 0.3 is 0 Å². The van der Waals surface area contributed by atoms with Crippen molar-refractivity contribution in [2.24, 2.45) is 17.8 Å². The van der Waals surface area contributed by atoms with Crippen LogP contribution in [0.4, 0.5) is 14.5 Å². The Labute approximate surface area is 225 Å². The SMILES string of the molecule is C#CC(=O)N1[C@@H](CCCC)Cc2cc(C(F)F)ccc2[C@@H]1c1ccc(NC23CC4CC(CC(C4)C2)C3)cc1. The van der Waals surface area contributed by atoms with Gasteiger partial charge in [-0.1, -0.05) is 44.0 Å². The molecule has 200 valence electrons. The van der Waals surface area contributed by atoms with E-state index in [9.17, 15) is 13.6 Å². The van der Waals surface area contributed by atoms with E-state index in [1.807, 2.05) is 4.90 Å². The summed E-state index contributed by atoms with van der Waals surface area (Å²) in [5, 5.41) is 3.94. The molecule has 2 aromatic rings. The molecule has 5 heteroatoms.